The summed E-state index contributed by atoms with van der Waals surface area (Å²) in [6.45, 7) is 0. The summed E-state index contributed by atoms with van der Waals surface area (Å²) in [6, 6.07) is 79.2. The lowest BCUT2D eigenvalue weighted by atomic mass is 9.67. The first kappa shape index (κ1) is 34.3. The number of hydrogen-bond donors (Lipinski definition) is 0. The van der Waals surface area contributed by atoms with E-state index in [2.05, 4.69) is 217 Å². The number of aryl methyl sites for hydroxylation is 2. The zero-order valence-electron chi connectivity index (χ0n) is 32.5. The number of anilines is 3. The van der Waals surface area contributed by atoms with Gasteiger partial charge in [-0.2, -0.15) is 0 Å². The highest BCUT2D eigenvalue weighted by Gasteiger charge is 2.46. The van der Waals surface area contributed by atoms with Crippen LogP contribution in [0.15, 0.2) is 212 Å². The molecule has 0 aliphatic heterocycles. The summed E-state index contributed by atoms with van der Waals surface area (Å²) in [5.74, 6) is 0. The van der Waals surface area contributed by atoms with E-state index < -0.39 is 5.41 Å². The minimum Gasteiger partial charge on any atom is -0.310 e. The minimum atomic E-state index is -0.524. The van der Waals surface area contributed by atoms with Gasteiger partial charge in [0.25, 0.3) is 0 Å². The molecular formula is C57H43N. The molecule has 0 radical (unpaired) electrons. The molecule has 0 unspecified atom stereocenters. The normalized spacial score (nSPS) is 13.7. The van der Waals surface area contributed by atoms with Gasteiger partial charge in [0.2, 0.25) is 0 Å². The molecule has 0 fully saturated rings. The van der Waals surface area contributed by atoms with Crippen LogP contribution in [-0.4, -0.2) is 0 Å². The van der Waals surface area contributed by atoms with E-state index in [9.17, 15) is 0 Å². The van der Waals surface area contributed by atoms with E-state index in [-0.39, 0.29) is 0 Å². The Morgan fingerprint density at radius 1 is 0.345 bits per heavy atom. The predicted octanol–water partition coefficient (Wildman–Crippen LogP) is 14.9. The Hall–Kier alpha value is -6.96. The molecule has 0 aromatic heterocycles. The van der Waals surface area contributed by atoms with Crippen LogP contribution in [0.5, 0.6) is 0 Å². The molecule has 0 saturated carbocycles. The molecule has 0 spiro atoms. The molecular weight excluding hydrogens is 699 g/mol. The molecule has 0 heterocycles. The Labute approximate surface area is 341 Å². The summed E-state index contributed by atoms with van der Waals surface area (Å²) in [4.78, 5) is 2.48. The van der Waals surface area contributed by atoms with Crippen molar-refractivity contribution in [2.24, 2.45) is 0 Å². The molecule has 0 saturated heterocycles. The summed E-state index contributed by atoms with van der Waals surface area (Å²) in [5, 5.41) is 2.45. The van der Waals surface area contributed by atoms with Crippen LogP contribution in [0.25, 0.3) is 44.2 Å². The van der Waals surface area contributed by atoms with Crippen LogP contribution in [0, 0.1) is 0 Å². The molecule has 9 aromatic carbocycles. The molecule has 0 N–H and O–H groups in total. The maximum atomic E-state index is 2.52. The zero-order chi connectivity index (χ0) is 38.5. The van der Waals surface area contributed by atoms with Gasteiger partial charge in [-0.1, -0.05) is 176 Å². The van der Waals surface area contributed by atoms with E-state index in [0.717, 1.165) is 17.1 Å². The highest BCUT2D eigenvalue weighted by molar-refractivity contribution is 5.98. The van der Waals surface area contributed by atoms with Crippen LogP contribution < -0.4 is 4.90 Å². The molecule has 0 bridgehead atoms. The second-order valence-corrected chi connectivity index (χ2v) is 15.9. The number of para-hydroxylation sites is 1. The molecule has 11 rings (SSSR count). The second-order valence-electron chi connectivity index (χ2n) is 15.9. The smallest absolute Gasteiger partial charge is 0.0714 e. The average molecular weight is 742 g/mol. The second kappa shape index (κ2) is 14.2. The predicted molar refractivity (Wildman–Crippen MR) is 243 cm³/mol. The van der Waals surface area contributed by atoms with E-state index in [0.29, 0.717) is 0 Å². The van der Waals surface area contributed by atoms with E-state index in [1.54, 1.807) is 0 Å². The van der Waals surface area contributed by atoms with Gasteiger partial charge in [0.05, 0.1) is 11.1 Å². The number of hydrogen-bond acceptors (Lipinski definition) is 1. The first-order valence-corrected chi connectivity index (χ1v) is 20.7. The Bertz CT molecular complexity index is 2890. The molecule has 2 aliphatic carbocycles. The molecule has 0 amide bonds. The van der Waals surface area contributed by atoms with Crippen molar-refractivity contribution in [1.82, 2.24) is 0 Å². The van der Waals surface area contributed by atoms with Crippen molar-refractivity contribution in [2.45, 2.75) is 31.1 Å². The van der Waals surface area contributed by atoms with Gasteiger partial charge in [-0.15, -0.1) is 0 Å². The maximum absolute atomic E-state index is 2.52. The summed E-state index contributed by atoms with van der Waals surface area (Å²) in [7, 11) is 0. The topological polar surface area (TPSA) is 3.24 Å². The van der Waals surface area contributed by atoms with Gasteiger partial charge in [0.1, 0.15) is 0 Å². The fourth-order valence-corrected chi connectivity index (χ4v) is 9.97. The maximum Gasteiger partial charge on any atom is 0.0714 e. The SMILES string of the molecule is c1ccc(N(c2ccc3ccccc3c2)c2cc3c(cc2-c2ccc(-c4ccc5c(c4)CCCC5)cc2)-c2ccccc2C3(c2ccccc2)c2ccccc2)cc1. The van der Waals surface area contributed by atoms with Gasteiger partial charge < -0.3 is 4.90 Å². The zero-order valence-corrected chi connectivity index (χ0v) is 32.5. The van der Waals surface area contributed by atoms with Crippen LogP contribution in [0.3, 0.4) is 0 Å². The van der Waals surface area contributed by atoms with Crippen LogP contribution in [0.4, 0.5) is 17.1 Å². The molecule has 9 aromatic rings. The Kier molecular flexibility index (Phi) is 8.40. The van der Waals surface area contributed by atoms with E-state index >= 15 is 0 Å². The number of rotatable bonds is 7. The average Bonchev–Trinajstić information content (AvgIpc) is 3.59. The van der Waals surface area contributed by atoms with Gasteiger partial charge in [0.15, 0.2) is 0 Å². The quantitative estimate of drug-likeness (QED) is 0.157. The van der Waals surface area contributed by atoms with Gasteiger partial charge in [-0.25, -0.2) is 0 Å². The van der Waals surface area contributed by atoms with Crippen molar-refractivity contribution in [3.63, 3.8) is 0 Å². The van der Waals surface area contributed by atoms with Gasteiger partial charge in [0, 0.05) is 16.9 Å². The number of benzene rings is 9. The van der Waals surface area contributed by atoms with Crippen LogP contribution in [-0.2, 0) is 18.3 Å². The van der Waals surface area contributed by atoms with Crippen molar-refractivity contribution >= 4 is 27.8 Å². The summed E-state index contributed by atoms with van der Waals surface area (Å²) < 4.78 is 0. The Morgan fingerprint density at radius 2 is 0.948 bits per heavy atom. The van der Waals surface area contributed by atoms with Crippen molar-refractivity contribution in [1.29, 1.82) is 0 Å². The summed E-state index contributed by atoms with van der Waals surface area (Å²) in [6.07, 6.45) is 4.96. The van der Waals surface area contributed by atoms with Crippen LogP contribution in [0.1, 0.15) is 46.2 Å². The standard InChI is InChI=1S/C57H43N/c1-4-20-47(21-5-1)57(48-22-6-2-7-23-48)54-27-15-14-26-51(54)53-38-52(43-31-28-42(29-32-43)46-33-30-40-16-10-12-18-44(40)36-46)56(39-55(53)57)58(49-24-8-3-9-25-49)50-35-34-41-17-11-13-19-45(41)37-50/h1-9,11,13-15,17,19-39H,10,12,16,18H2. The molecule has 2 aliphatic rings. The van der Waals surface area contributed by atoms with Gasteiger partial charge >= 0.3 is 0 Å². The van der Waals surface area contributed by atoms with Crippen molar-refractivity contribution in [2.75, 3.05) is 4.90 Å². The van der Waals surface area contributed by atoms with Crippen LogP contribution in [0.2, 0.25) is 0 Å². The van der Waals surface area contributed by atoms with E-state index in [1.807, 2.05) is 0 Å². The minimum absolute atomic E-state index is 0.524. The highest BCUT2D eigenvalue weighted by Crippen LogP contribution is 2.59. The Morgan fingerprint density at radius 3 is 1.69 bits per heavy atom. The molecule has 0 atom stereocenters. The lowest BCUT2D eigenvalue weighted by Gasteiger charge is -2.35. The van der Waals surface area contributed by atoms with E-state index in [4.69, 9.17) is 0 Å². The fourth-order valence-electron chi connectivity index (χ4n) is 9.97. The molecule has 1 heteroatoms. The third-order valence-corrected chi connectivity index (χ3v) is 12.7. The fraction of sp³-hybridized carbons (Fsp3) is 0.0877. The third-order valence-electron chi connectivity index (χ3n) is 12.7. The van der Waals surface area contributed by atoms with E-state index in [1.165, 1.54) is 103 Å². The van der Waals surface area contributed by atoms with Crippen molar-refractivity contribution < 1.29 is 0 Å². The number of fused-ring (bicyclic) bond motifs is 5. The molecule has 1 nitrogen and oxygen atoms in total. The van der Waals surface area contributed by atoms with Crippen molar-refractivity contribution in [3.05, 3.63) is 246 Å². The third kappa shape index (κ3) is 5.61. The lowest BCUT2D eigenvalue weighted by Crippen LogP contribution is -2.28. The Balaban J connectivity index is 1.20. The summed E-state index contributed by atoms with van der Waals surface area (Å²) in [5.41, 5.74) is 18.5. The molecule has 276 valence electrons. The first-order valence-electron chi connectivity index (χ1n) is 20.7. The van der Waals surface area contributed by atoms with Gasteiger partial charge in [-0.05, 0) is 134 Å². The van der Waals surface area contributed by atoms with Gasteiger partial charge in [-0.3, -0.25) is 0 Å². The number of nitrogens with zero attached hydrogens (tertiary/aromatic N) is 1. The lowest BCUT2D eigenvalue weighted by molar-refractivity contribution is 0.686. The monoisotopic (exact) mass is 741 g/mol. The molecule has 58 heavy (non-hydrogen) atoms. The van der Waals surface area contributed by atoms with Crippen LogP contribution >= 0.6 is 0 Å². The first-order chi connectivity index (χ1) is 28.8. The summed E-state index contributed by atoms with van der Waals surface area (Å²) >= 11 is 0. The largest absolute Gasteiger partial charge is 0.310 e. The van der Waals surface area contributed by atoms with Crippen molar-refractivity contribution in [3.8, 4) is 33.4 Å². The highest BCUT2D eigenvalue weighted by atomic mass is 15.1.